The van der Waals surface area contributed by atoms with E-state index in [4.69, 9.17) is 0 Å². The molecular formula is C19H32N2. The van der Waals surface area contributed by atoms with Gasteiger partial charge in [0.1, 0.15) is 0 Å². The van der Waals surface area contributed by atoms with Crippen LogP contribution in [0.3, 0.4) is 0 Å². The van der Waals surface area contributed by atoms with Gasteiger partial charge in [-0.15, -0.1) is 0 Å². The highest BCUT2D eigenvalue weighted by Crippen LogP contribution is 2.33. The van der Waals surface area contributed by atoms with Gasteiger partial charge in [0.2, 0.25) is 0 Å². The molecule has 0 radical (unpaired) electrons. The first-order valence-electron chi connectivity index (χ1n) is 8.66. The Labute approximate surface area is 130 Å². The smallest absolute Gasteiger partial charge is 0.0417 e. The summed E-state index contributed by atoms with van der Waals surface area (Å²) in [4.78, 5) is 2.70. The van der Waals surface area contributed by atoms with Crippen LogP contribution >= 0.6 is 0 Å². The average molecular weight is 288 g/mol. The first-order valence-corrected chi connectivity index (χ1v) is 8.66. The van der Waals surface area contributed by atoms with E-state index in [0.717, 1.165) is 12.0 Å². The molecule has 0 bridgehead atoms. The Kier molecular flexibility index (Phi) is 6.10. The lowest BCUT2D eigenvalue weighted by Crippen LogP contribution is -2.36. The fraction of sp³-hybridized carbons (Fsp3) is 0.684. The number of anilines is 1. The zero-order chi connectivity index (χ0) is 15.2. The molecule has 1 aliphatic carbocycles. The van der Waals surface area contributed by atoms with Crippen LogP contribution < -0.4 is 10.2 Å². The highest BCUT2D eigenvalue weighted by Gasteiger charge is 2.25. The molecule has 2 rings (SSSR count). The Morgan fingerprint density at radius 2 is 1.81 bits per heavy atom. The van der Waals surface area contributed by atoms with Crippen LogP contribution in [0.2, 0.25) is 0 Å². The summed E-state index contributed by atoms with van der Waals surface area (Å²) < 4.78 is 0. The summed E-state index contributed by atoms with van der Waals surface area (Å²) in [6, 6.07) is 10.1. The Balaban J connectivity index is 2.26. The minimum atomic E-state index is 0.407. The molecule has 0 spiro atoms. The van der Waals surface area contributed by atoms with Crippen LogP contribution in [0.15, 0.2) is 24.3 Å². The van der Waals surface area contributed by atoms with E-state index in [2.05, 4.69) is 62.3 Å². The summed E-state index contributed by atoms with van der Waals surface area (Å²) in [5.74, 6) is 0.766. The average Bonchev–Trinajstić information content (AvgIpc) is 3.01. The molecule has 1 saturated carbocycles. The number of para-hydroxylation sites is 1. The van der Waals surface area contributed by atoms with Gasteiger partial charge >= 0.3 is 0 Å². The number of benzene rings is 1. The zero-order valence-corrected chi connectivity index (χ0v) is 14.2. The number of hydrogen-bond acceptors (Lipinski definition) is 2. The predicted octanol–water partition coefficient (Wildman–Crippen LogP) is 4.76. The topological polar surface area (TPSA) is 15.3 Å². The second-order valence-corrected chi connectivity index (χ2v) is 6.88. The van der Waals surface area contributed by atoms with E-state index in [1.807, 2.05) is 0 Å². The van der Waals surface area contributed by atoms with Crippen molar-refractivity contribution in [3.8, 4) is 0 Å². The van der Waals surface area contributed by atoms with Crippen molar-refractivity contribution >= 4 is 5.69 Å². The van der Waals surface area contributed by atoms with E-state index in [-0.39, 0.29) is 0 Å². The van der Waals surface area contributed by atoms with Gasteiger partial charge in [0, 0.05) is 24.3 Å². The highest BCUT2D eigenvalue weighted by atomic mass is 15.2. The SMILES string of the molecule is CNC(C)c1ccccc1N(CCC(C)C)C1CCCC1. The van der Waals surface area contributed by atoms with Gasteiger partial charge in [-0.2, -0.15) is 0 Å². The normalized spacial score (nSPS) is 17.4. The molecule has 0 heterocycles. The minimum absolute atomic E-state index is 0.407. The summed E-state index contributed by atoms with van der Waals surface area (Å²) in [5, 5.41) is 3.41. The third-order valence-corrected chi connectivity index (χ3v) is 4.86. The molecule has 0 saturated heterocycles. The number of rotatable bonds is 7. The monoisotopic (exact) mass is 288 g/mol. The maximum absolute atomic E-state index is 3.41. The first-order chi connectivity index (χ1) is 10.1. The molecule has 1 unspecified atom stereocenters. The molecule has 0 aromatic heterocycles. The van der Waals surface area contributed by atoms with E-state index in [1.165, 1.54) is 49.9 Å². The largest absolute Gasteiger partial charge is 0.368 e. The van der Waals surface area contributed by atoms with Gasteiger partial charge in [-0.1, -0.05) is 44.9 Å². The van der Waals surface area contributed by atoms with Gasteiger partial charge in [0.05, 0.1) is 0 Å². The second kappa shape index (κ2) is 7.84. The van der Waals surface area contributed by atoms with Gasteiger partial charge < -0.3 is 10.2 Å². The molecule has 0 aliphatic heterocycles. The number of nitrogens with one attached hydrogen (secondary N) is 1. The minimum Gasteiger partial charge on any atom is -0.368 e. The molecule has 1 aromatic rings. The van der Waals surface area contributed by atoms with Crippen molar-refractivity contribution in [2.24, 2.45) is 5.92 Å². The Morgan fingerprint density at radius 3 is 2.43 bits per heavy atom. The van der Waals surface area contributed by atoms with Crippen LogP contribution in [0.1, 0.15) is 64.5 Å². The predicted molar refractivity (Wildman–Crippen MR) is 93.0 cm³/mol. The fourth-order valence-electron chi connectivity index (χ4n) is 3.38. The molecule has 1 aromatic carbocycles. The molecule has 0 amide bonds. The van der Waals surface area contributed by atoms with Crippen molar-refractivity contribution in [1.82, 2.24) is 5.32 Å². The number of hydrogen-bond donors (Lipinski definition) is 1. The fourth-order valence-corrected chi connectivity index (χ4v) is 3.38. The molecule has 1 atom stereocenters. The summed E-state index contributed by atoms with van der Waals surface area (Å²) in [5.41, 5.74) is 2.89. The summed E-state index contributed by atoms with van der Waals surface area (Å²) >= 11 is 0. The lowest BCUT2D eigenvalue weighted by molar-refractivity contribution is 0.524. The van der Waals surface area contributed by atoms with Gasteiger partial charge in [-0.05, 0) is 50.8 Å². The van der Waals surface area contributed by atoms with Gasteiger partial charge in [-0.3, -0.25) is 0 Å². The lowest BCUT2D eigenvalue weighted by atomic mass is 10.0. The first kappa shape index (κ1) is 16.4. The van der Waals surface area contributed by atoms with E-state index < -0.39 is 0 Å². The van der Waals surface area contributed by atoms with E-state index >= 15 is 0 Å². The summed E-state index contributed by atoms with van der Waals surface area (Å²) in [6.07, 6.45) is 6.79. The number of nitrogens with zero attached hydrogens (tertiary/aromatic N) is 1. The second-order valence-electron chi connectivity index (χ2n) is 6.88. The molecule has 2 nitrogen and oxygen atoms in total. The summed E-state index contributed by atoms with van der Waals surface area (Å²) in [6.45, 7) is 8.10. The molecule has 2 heteroatoms. The molecular weight excluding hydrogens is 256 g/mol. The van der Waals surface area contributed by atoms with E-state index in [1.54, 1.807) is 0 Å². The Morgan fingerprint density at radius 1 is 1.14 bits per heavy atom. The van der Waals surface area contributed by atoms with Crippen LogP contribution in [0.25, 0.3) is 0 Å². The Bertz CT molecular complexity index is 421. The van der Waals surface area contributed by atoms with Crippen LogP contribution in [0, 0.1) is 5.92 Å². The van der Waals surface area contributed by atoms with Gasteiger partial charge in [0.15, 0.2) is 0 Å². The zero-order valence-electron chi connectivity index (χ0n) is 14.2. The summed E-state index contributed by atoms with van der Waals surface area (Å²) in [7, 11) is 2.05. The molecule has 118 valence electrons. The Hall–Kier alpha value is -1.02. The van der Waals surface area contributed by atoms with Crippen LogP contribution in [-0.4, -0.2) is 19.6 Å². The van der Waals surface area contributed by atoms with Crippen molar-refractivity contribution in [3.05, 3.63) is 29.8 Å². The molecule has 1 aliphatic rings. The van der Waals surface area contributed by atoms with Crippen molar-refractivity contribution in [3.63, 3.8) is 0 Å². The van der Waals surface area contributed by atoms with E-state index in [0.29, 0.717) is 6.04 Å². The maximum Gasteiger partial charge on any atom is 0.0417 e. The molecule has 21 heavy (non-hydrogen) atoms. The van der Waals surface area contributed by atoms with E-state index in [9.17, 15) is 0 Å². The van der Waals surface area contributed by atoms with Crippen LogP contribution in [0.4, 0.5) is 5.69 Å². The van der Waals surface area contributed by atoms with Crippen LogP contribution in [0.5, 0.6) is 0 Å². The van der Waals surface area contributed by atoms with Crippen molar-refractivity contribution in [2.75, 3.05) is 18.5 Å². The van der Waals surface area contributed by atoms with Crippen molar-refractivity contribution in [2.45, 2.75) is 65.0 Å². The van der Waals surface area contributed by atoms with Crippen molar-refractivity contribution in [1.29, 1.82) is 0 Å². The highest BCUT2D eigenvalue weighted by molar-refractivity contribution is 5.56. The van der Waals surface area contributed by atoms with Crippen molar-refractivity contribution < 1.29 is 0 Å². The maximum atomic E-state index is 3.41. The standard InChI is InChI=1S/C19H32N2/c1-15(2)13-14-21(17-9-5-6-10-17)19-12-8-7-11-18(19)16(3)20-4/h7-8,11-12,15-17,20H,5-6,9-10,13-14H2,1-4H3. The van der Waals surface area contributed by atoms with Crippen LogP contribution in [-0.2, 0) is 0 Å². The third kappa shape index (κ3) is 4.23. The quantitative estimate of drug-likeness (QED) is 0.778. The lowest BCUT2D eigenvalue weighted by Gasteiger charge is -2.34. The van der Waals surface area contributed by atoms with Gasteiger partial charge in [0.25, 0.3) is 0 Å². The third-order valence-electron chi connectivity index (χ3n) is 4.86. The molecule has 1 fully saturated rings. The van der Waals surface area contributed by atoms with Gasteiger partial charge in [-0.25, -0.2) is 0 Å². The molecule has 1 N–H and O–H groups in total.